The van der Waals surface area contributed by atoms with Crippen LogP contribution >= 0.6 is 15.9 Å². The van der Waals surface area contributed by atoms with Crippen molar-refractivity contribution in [1.82, 2.24) is 4.57 Å². The summed E-state index contributed by atoms with van der Waals surface area (Å²) < 4.78 is 41.2. The highest BCUT2D eigenvalue weighted by molar-refractivity contribution is 9.10. The number of nitrogens with zero attached hydrogens (tertiary/aromatic N) is 1. The zero-order valence-corrected chi connectivity index (χ0v) is 12.4. The van der Waals surface area contributed by atoms with E-state index in [2.05, 4.69) is 21.2 Å². The summed E-state index contributed by atoms with van der Waals surface area (Å²) in [6.45, 7) is 3.21. The predicted octanol–water partition coefficient (Wildman–Crippen LogP) is 4.90. The smallest absolute Gasteiger partial charge is 0.380 e. The van der Waals surface area contributed by atoms with Gasteiger partial charge in [0.1, 0.15) is 0 Å². The summed E-state index contributed by atoms with van der Waals surface area (Å²) >= 11 is 3.07. The molecule has 0 bridgehead atoms. The van der Waals surface area contributed by atoms with Crippen molar-refractivity contribution >= 4 is 21.6 Å². The quantitative estimate of drug-likeness (QED) is 0.832. The molecule has 1 N–H and O–H groups in total. The molecule has 2 aromatic rings. The topological polar surface area (TPSA) is 17.0 Å². The molecular weight excluding hydrogens is 333 g/mol. The van der Waals surface area contributed by atoms with Gasteiger partial charge in [-0.05, 0) is 36.8 Å². The van der Waals surface area contributed by atoms with Crippen LogP contribution in [0.3, 0.4) is 0 Å². The van der Waals surface area contributed by atoms with E-state index in [1.165, 1.54) is 6.07 Å². The molecular formula is C14H14BrF3N2. The van der Waals surface area contributed by atoms with Gasteiger partial charge in [-0.3, -0.25) is 0 Å². The summed E-state index contributed by atoms with van der Waals surface area (Å²) in [6, 6.07) is 6.00. The normalized spacial score (nSPS) is 11.7. The van der Waals surface area contributed by atoms with Crippen LogP contribution in [0.25, 0.3) is 0 Å². The standard InChI is InChI=1S/C14H14BrF3N2/c1-2-20-6-5-10(9-20)8-19-13-4-3-11(15)7-12(13)14(16,17)18/h3-7,9,19H,2,8H2,1H3. The van der Waals surface area contributed by atoms with Crippen LogP contribution in [0, 0.1) is 0 Å². The van der Waals surface area contributed by atoms with Crippen LogP contribution in [0.5, 0.6) is 0 Å². The van der Waals surface area contributed by atoms with Gasteiger partial charge in [0.25, 0.3) is 0 Å². The summed E-state index contributed by atoms with van der Waals surface area (Å²) in [5.41, 5.74) is 0.370. The highest BCUT2D eigenvalue weighted by Crippen LogP contribution is 2.36. The number of nitrogens with one attached hydrogen (secondary N) is 1. The van der Waals surface area contributed by atoms with E-state index >= 15 is 0 Å². The number of benzene rings is 1. The molecule has 1 aromatic carbocycles. The third-order valence-corrected chi connectivity index (χ3v) is 3.44. The van der Waals surface area contributed by atoms with Gasteiger partial charge in [0.2, 0.25) is 0 Å². The first kappa shape index (κ1) is 15.0. The lowest BCUT2D eigenvalue weighted by Crippen LogP contribution is -2.10. The largest absolute Gasteiger partial charge is 0.418 e. The third-order valence-electron chi connectivity index (χ3n) is 2.95. The van der Waals surface area contributed by atoms with Gasteiger partial charge in [0, 0.05) is 35.6 Å². The van der Waals surface area contributed by atoms with Gasteiger partial charge in [-0.25, -0.2) is 0 Å². The van der Waals surface area contributed by atoms with Crippen LogP contribution in [-0.2, 0) is 19.3 Å². The fraction of sp³-hybridized carbons (Fsp3) is 0.286. The molecule has 0 aliphatic carbocycles. The molecule has 0 fully saturated rings. The Morgan fingerprint density at radius 3 is 2.60 bits per heavy atom. The SMILES string of the molecule is CCn1ccc(CNc2ccc(Br)cc2C(F)(F)F)c1. The molecule has 0 amide bonds. The Morgan fingerprint density at radius 2 is 2.00 bits per heavy atom. The van der Waals surface area contributed by atoms with E-state index in [0.29, 0.717) is 11.0 Å². The Kier molecular flexibility index (Phi) is 4.42. The second kappa shape index (κ2) is 5.91. The number of aromatic nitrogens is 1. The monoisotopic (exact) mass is 346 g/mol. The molecule has 1 heterocycles. The fourth-order valence-electron chi connectivity index (χ4n) is 1.89. The van der Waals surface area contributed by atoms with Gasteiger partial charge in [0.05, 0.1) is 5.56 Å². The van der Waals surface area contributed by atoms with Gasteiger partial charge >= 0.3 is 6.18 Å². The van der Waals surface area contributed by atoms with Gasteiger partial charge < -0.3 is 9.88 Å². The van der Waals surface area contributed by atoms with Crippen LogP contribution in [0.1, 0.15) is 18.1 Å². The number of halogens is 4. The van der Waals surface area contributed by atoms with Gasteiger partial charge in [-0.2, -0.15) is 13.2 Å². The minimum absolute atomic E-state index is 0.0879. The van der Waals surface area contributed by atoms with Gasteiger partial charge in [0.15, 0.2) is 0 Å². The van der Waals surface area contributed by atoms with E-state index in [4.69, 9.17) is 0 Å². The second-order valence-electron chi connectivity index (χ2n) is 4.39. The number of hydrogen-bond acceptors (Lipinski definition) is 1. The predicted molar refractivity (Wildman–Crippen MR) is 76.6 cm³/mol. The minimum atomic E-state index is -4.37. The number of aryl methyl sites for hydroxylation is 1. The summed E-state index contributed by atoms with van der Waals surface area (Å²) in [5.74, 6) is 0. The van der Waals surface area contributed by atoms with Crippen LogP contribution in [0.4, 0.5) is 18.9 Å². The third kappa shape index (κ3) is 3.56. The molecule has 2 nitrogen and oxygen atoms in total. The van der Waals surface area contributed by atoms with Crippen molar-refractivity contribution in [1.29, 1.82) is 0 Å². The molecule has 0 aliphatic rings. The highest BCUT2D eigenvalue weighted by atomic mass is 79.9. The van der Waals surface area contributed by atoms with Gasteiger partial charge in [-0.15, -0.1) is 0 Å². The van der Waals surface area contributed by atoms with Crippen molar-refractivity contribution in [3.8, 4) is 0 Å². The first-order chi connectivity index (χ1) is 9.40. The molecule has 0 spiro atoms. The summed E-state index contributed by atoms with van der Waals surface area (Å²) in [6.07, 6.45) is -0.552. The van der Waals surface area contributed by atoms with Crippen molar-refractivity contribution in [3.05, 3.63) is 52.3 Å². The molecule has 0 saturated carbocycles. The lowest BCUT2D eigenvalue weighted by Gasteiger charge is -2.14. The fourth-order valence-corrected chi connectivity index (χ4v) is 2.26. The van der Waals surface area contributed by atoms with Crippen molar-refractivity contribution < 1.29 is 13.2 Å². The van der Waals surface area contributed by atoms with Crippen molar-refractivity contribution in [2.24, 2.45) is 0 Å². The van der Waals surface area contributed by atoms with Crippen LogP contribution in [0.2, 0.25) is 0 Å². The lowest BCUT2D eigenvalue weighted by atomic mass is 10.1. The first-order valence-electron chi connectivity index (χ1n) is 6.15. The van der Waals surface area contributed by atoms with Crippen LogP contribution in [-0.4, -0.2) is 4.57 Å². The molecule has 0 radical (unpaired) electrons. The number of hydrogen-bond donors (Lipinski definition) is 1. The van der Waals surface area contributed by atoms with Crippen molar-refractivity contribution in [3.63, 3.8) is 0 Å². The molecule has 0 saturated heterocycles. The molecule has 6 heteroatoms. The average molecular weight is 347 g/mol. The maximum atomic E-state index is 12.9. The molecule has 108 valence electrons. The molecule has 0 aliphatic heterocycles. The van der Waals surface area contributed by atoms with E-state index in [-0.39, 0.29) is 5.69 Å². The van der Waals surface area contributed by atoms with E-state index < -0.39 is 11.7 Å². The van der Waals surface area contributed by atoms with E-state index in [1.807, 2.05) is 30.0 Å². The van der Waals surface area contributed by atoms with Crippen molar-refractivity contribution in [2.45, 2.75) is 26.2 Å². The summed E-state index contributed by atoms with van der Waals surface area (Å²) in [7, 11) is 0. The van der Waals surface area contributed by atoms with Gasteiger partial charge in [-0.1, -0.05) is 15.9 Å². The van der Waals surface area contributed by atoms with E-state index in [0.717, 1.165) is 18.2 Å². The molecule has 0 unspecified atom stereocenters. The number of alkyl halides is 3. The van der Waals surface area contributed by atoms with E-state index in [9.17, 15) is 13.2 Å². The Balaban J connectivity index is 2.17. The molecule has 1 aromatic heterocycles. The number of rotatable bonds is 4. The van der Waals surface area contributed by atoms with Crippen molar-refractivity contribution in [2.75, 3.05) is 5.32 Å². The average Bonchev–Trinajstić information content (AvgIpc) is 2.84. The van der Waals surface area contributed by atoms with E-state index in [1.54, 1.807) is 6.07 Å². The zero-order valence-electron chi connectivity index (χ0n) is 10.8. The minimum Gasteiger partial charge on any atom is -0.380 e. The summed E-state index contributed by atoms with van der Waals surface area (Å²) in [5, 5.41) is 2.85. The summed E-state index contributed by atoms with van der Waals surface area (Å²) in [4.78, 5) is 0. The second-order valence-corrected chi connectivity index (χ2v) is 5.31. The first-order valence-corrected chi connectivity index (χ1v) is 6.94. The Bertz CT molecular complexity index is 590. The molecule has 2 rings (SSSR count). The Morgan fingerprint density at radius 1 is 1.25 bits per heavy atom. The maximum Gasteiger partial charge on any atom is 0.418 e. The zero-order chi connectivity index (χ0) is 14.8. The molecule has 20 heavy (non-hydrogen) atoms. The number of anilines is 1. The van der Waals surface area contributed by atoms with Crippen LogP contribution in [0.15, 0.2) is 41.1 Å². The van der Waals surface area contributed by atoms with Crippen LogP contribution < -0.4 is 5.32 Å². The maximum absolute atomic E-state index is 12.9. The Labute approximate surface area is 123 Å². The highest BCUT2D eigenvalue weighted by Gasteiger charge is 2.33. The lowest BCUT2D eigenvalue weighted by molar-refractivity contribution is -0.137. The molecule has 0 atom stereocenters. The Hall–Kier alpha value is -1.43.